The highest BCUT2D eigenvalue weighted by Gasteiger charge is 2.39. The SMILES string of the molecule is CCCCC[C@H]1N[C@H](CO)[C@@H](O)[C@@H]1O. The molecule has 4 atom stereocenters. The molecule has 4 nitrogen and oxygen atoms in total. The minimum absolute atomic E-state index is 0.0614. The van der Waals surface area contributed by atoms with Crippen LogP contribution < -0.4 is 5.32 Å². The Balaban J connectivity index is 2.32. The molecule has 0 aromatic carbocycles. The molecule has 1 heterocycles. The quantitative estimate of drug-likeness (QED) is 0.460. The van der Waals surface area contributed by atoms with Crippen LogP contribution in [0.1, 0.15) is 32.6 Å². The van der Waals surface area contributed by atoms with Crippen LogP contribution in [0.15, 0.2) is 0 Å². The smallest absolute Gasteiger partial charge is 0.0989 e. The van der Waals surface area contributed by atoms with Crippen LogP contribution in [0.25, 0.3) is 0 Å². The predicted molar refractivity (Wildman–Crippen MR) is 54.0 cm³/mol. The second-order valence-electron chi connectivity index (χ2n) is 4.04. The molecule has 0 aromatic rings. The van der Waals surface area contributed by atoms with E-state index in [0.717, 1.165) is 25.7 Å². The number of nitrogens with one attached hydrogen (secondary N) is 1. The highest BCUT2D eigenvalue weighted by Crippen LogP contribution is 2.18. The van der Waals surface area contributed by atoms with Crippen molar-refractivity contribution in [2.75, 3.05) is 6.61 Å². The molecule has 1 rings (SSSR count). The molecule has 0 spiro atoms. The molecular formula is C10H21NO3. The van der Waals surface area contributed by atoms with Crippen molar-refractivity contribution < 1.29 is 15.3 Å². The molecule has 14 heavy (non-hydrogen) atoms. The maximum Gasteiger partial charge on any atom is 0.0989 e. The number of aliphatic hydroxyl groups excluding tert-OH is 3. The minimum Gasteiger partial charge on any atom is -0.395 e. The van der Waals surface area contributed by atoms with Gasteiger partial charge in [-0.1, -0.05) is 26.2 Å². The Morgan fingerprint density at radius 2 is 1.71 bits per heavy atom. The van der Waals surface area contributed by atoms with Crippen molar-refractivity contribution in [2.24, 2.45) is 0 Å². The van der Waals surface area contributed by atoms with E-state index in [0.29, 0.717) is 0 Å². The van der Waals surface area contributed by atoms with Gasteiger partial charge in [-0.25, -0.2) is 0 Å². The normalized spacial score (nSPS) is 37.7. The molecule has 0 aromatic heterocycles. The van der Waals surface area contributed by atoms with Gasteiger partial charge in [0.2, 0.25) is 0 Å². The van der Waals surface area contributed by atoms with E-state index in [1.165, 1.54) is 0 Å². The summed E-state index contributed by atoms with van der Waals surface area (Å²) in [6.07, 6.45) is 2.65. The Hall–Kier alpha value is -0.160. The first-order valence-corrected chi connectivity index (χ1v) is 5.43. The van der Waals surface area contributed by atoms with Crippen molar-refractivity contribution in [3.05, 3.63) is 0 Å². The minimum atomic E-state index is -0.827. The lowest BCUT2D eigenvalue weighted by molar-refractivity contribution is 0.0186. The highest BCUT2D eigenvalue weighted by molar-refractivity contribution is 4.97. The Morgan fingerprint density at radius 3 is 2.21 bits per heavy atom. The summed E-state index contributed by atoms with van der Waals surface area (Å²) in [5.74, 6) is 0. The van der Waals surface area contributed by atoms with Gasteiger partial charge < -0.3 is 20.6 Å². The summed E-state index contributed by atoms with van der Waals surface area (Å²) in [7, 11) is 0. The summed E-state index contributed by atoms with van der Waals surface area (Å²) in [5.41, 5.74) is 0. The standard InChI is InChI=1S/C10H21NO3/c1-2-3-4-5-7-9(13)10(14)8(6-12)11-7/h7-14H,2-6H2,1H3/t7-,8-,9-,10-/m1/s1. The summed E-state index contributed by atoms with van der Waals surface area (Å²) < 4.78 is 0. The zero-order valence-corrected chi connectivity index (χ0v) is 8.69. The number of unbranched alkanes of at least 4 members (excludes halogenated alkanes) is 2. The van der Waals surface area contributed by atoms with Gasteiger partial charge in [0.25, 0.3) is 0 Å². The van der Waals surface area contributed by atoms with Crippen LogP contribution in [0.3, 0.4) is 0 Å². The topological polar surface area (TPSA) is 72.7 Å². The third-order valence-electron chi connectivity index (χ3n) is 2.92. The van der Waals surface area contributed by atoms with Crippen LogP contribution >= 0.6 is 0 Å². The fourth-order valence-corrected chi connectivity index (χ4v) is 1.98. The third kappa shape index (κ3) is 2.67. The molecule has 0 bridgehead atoms. The molecule has 84 valence electrons. The Labute approximate surface area is 85.0 Å². The maximum absolute atomic E-state index is 9.63. The number of hydrogen-bond acceptors (Lipinski definition) is 4. The van der Waals surface area contributed by atoms with Gasteiger partial charge in [-0.05, 0) is 6.42 Å². The summed E-state index contributed by atoms with van der Waals surface area (Å²) in [6, 6.07) is -0.426. The lowest BCUT2D eigenvalue weighted by Gasteiger charge is -2.15. The van der Waals surface area contributed by atoms with Gasteiger partial charge in [-0.15, -0.1) is 0 Å². The average molecular weight is 203 g/mol. The first-order chi connectivity index (χ1) is 6.70. The molecular weight excluding hydrogens is 182 g/mol. The second kappa shape index (κ2) is 5.66. The molecule has 1 saturated heterocycles. The van der Waals surface area contributed by atoms with Gasteiger partial charge in [0.05, 0.1) is 24.9 Å². The van der Waals surface area contributed by atoms with Crippen molar-refractivity contribution in [1.82, 2.24) is 5.32 Å². The molecule has 0 radical (unpaired) electrons. The molecule has 0 aliphatic carbocycles. The van der Waals surface area contributed by atoms with Crippen LogP contribution in [0.5, 0.6) is 0 Å². The van der Waals surface area contributed by atoms with Crippen LogP contribution in [0.4, 0.5) is 0 Å². The summed E-state index contributed by atoms with van der Waals surface area (Å²) in [4.78, 5) is 0. The lowest BCUT2D eigenvalue weighted by Crippen LogP contribution is -2.36. The first kappa shape index (κ1) is 11.9. The molecule has 0 amide bonds. The van der Waals surface area contributed by atoms with Gasteiger partial charge in [0, 0.05) is 6.04 Å². The molecule has 4 heteroatoms. The lowest BCUT2D eigenvalue weighted by atomic mass is 10.0. The maximum atomic E-state index is 9.63. The van der Waals surface area contributed by atoms with Gasteiger partial charge in [0.1, 0.15) is 0 Å². The van der Waals surface area contributed by atoms with Gasteiger partial charge in [-0.2, -0.15) is 0 Å². The van der Waals surface area contributed by atoms with E-state index >= 15 is 0 Å². The fraction of sp³-hybridized carbons (Fsp3) is 1.00. The van der Waals surface area contributed by atoms with E-state index in [1.54, 1.807) is 0 Å². The number of rotatable bonds is 5. The Bertz CT molecular complexity index is 165. The monoisotopic (exact) mass is 203 g/mol. The fourth-order valence-electron chi connectivity index (χ4n) is 1.98. The summed E-state index contributed by atoms with van der Waals surface area (Å²) in [5, 5.41) is 31.1. The second-order valence-corrected chi connectivity index (χ2v) is 4.04. The van der Waals surface area contributed by atoms with Crippen LogP contribution in [0.2, 0.25) is 0 Å². The molecule has 4 N–H and O–H groups in total. The Morgan fingerprint density at radius 1 is 1.07 bits per heavy atom. The summed E-state index contributed by atoms with van der Waals surface area (Å²) in [6.45, 7) is 2.01. The van der Waals surface area contributed by atoms with Crippen LogP contribution in [-0.2, 0) is 0 Å². The van der Waals surface area contributed by atoms with Crippen molar-refractivity contribution >= 4 is 0 Å². The first-order valence-electron chi connectivity index (χ1n) is 5.43. The summed E-state index contributed by atoms with van der Waals surface area (Å²) >= 11 is 0. The molecule has 0 saturated carbocycles. The van der Waals surface area contributed by atoms with E-state index < -0.39 is 12.2 Å². The highest BCUT2D eigenvalue weighted by atomic mass is 16.3. The van der Waals surface area contributed by atoms with Gasteiger partial charge in [-0.3, -0.25) is 0 Å². The van der Waals surface area contributed by atoms with Crippen molar-refractivity contribution in [2.45, 2.75) is 56.9 Å². The van der Waals surface area contributed by atoms with Crippen molar-refractivity contribution in [1.29, 1.82) is 0 Å². The molecule has 1 fully saturated rings. The number of aliphatic hydroxyl groups is 3. The molecule has 0 unspecified atom stereocenters. The van der Waals surface area contributed by atoms with Crippen LogP contribution in [0, 0.1) is 0 Å². The predicted octanol–water partition coefficient (Wildman–Crippen LogP) is -0.379. The number of hydrogen-bond donors (Lipinski definition) is 4. The van der Waals surface area contributed by atoms with Gasteiger partial charge >= 0.3 is 0 Å². The van der Waals surface area contributed by atoms with Crippen molar-refractivity contribution in [3.63, 3.8) is 0 Å². The van der Waals surface area contributed by atoms with E-state index in [4.69, 9.17) is 5.11 Å². The van der Waals surface area contributed by atoms with E-state index in [-0.39, 0.29) is 18.7 Å². The molecule has 1 aliphatic rings. The van der Waals surface area contributed by atoms with E-state index in [9.17, 15) is 10.2 Å². The average Bonchev–Trinajstić information content (AvgIpc) is 2.46. The van der Waals surface area contributed by atoms with E-state index in [2.05, 4.69) is 12.2 Å². The third-order valence-corrected chi connectivity index (χ3v) is 2.92. The zero-order valence-electron chi connectivity index (χ0n) is 8.69. The van der Waals surface area contributed by atoms with Gasteiger partial charge in [0.15, 0.2) is 0 Å². The zero-order chi connectivity index (χ0) is 10.6. The molecule has 1 aliphatic heterocycles. The van der Waals surface area contributed by atoms with Crippen LogP contribution in [-0.4, -0.2) is 46.2 Å². The van der Waals surface area contributed by atoms with E-state index in [1.807, 2.05) is 0 Å². The van der Waals surface area contributed by atoms with Crippen molar-refractivity contribution in [3.8, 4) is 0 Å². The largest absolute Gasteiger partial charge is 0.395 e. The Kier molecular flexibility index (Phi) is 4.81.